The number of carbonyl (C=O) groups excluding carboxylic acids is 3. The average Bonchev–Trinajstić information content (AvgIpc) is 3.00. The van der Waals surface area contributed by atoms with Crippen LogP contribution in [0, 0.1) is 0 Å². The number of benzene rings is 2. The zero-order valence-corrected chi connectivity index (χ0v) is 15.2. The monoisotopic (exact) mass is 379 g/mol. The fourth-order valence-corrected chi connectivity index (χ4v) is 2.95. The number of aliphatic hydroxyl groups is 1. The Balaban J connectivity index is 1.66. The van der Waals surface area contributed by atoms with Crippen LogP contribution in [0.5, 0.6) is 0 Å². The third kappa shape index (κ3) is 4.51. The first-order chi connectivity index (χ1) is 13.6. The number of hydrogen-bond donors (Lipinski definition) is 3. The van der Waals surface area contributed by atoms with Gasteiger partial charge in [-0.3, -0.25) is 19.8 Å². The minimum atomic E-state index is -0.844. The maximum atomic E-state index is 12.6. The number of rotatable bonds is 7. The van der Waals surface area contributed by atoms with Crippen molar-refractivity contribution in [2.45, 2.75) is 18.9 Å². The number of hydrazine groups is 1. The number of carbonyl (C=O) groups is 3. The van der Waals surface area contributed by atoms with Crippen molar-refractivity contribution in [3.63, 3.8) is 0 Å². The molecule has 0 unspecified atom stereocenters. The molecule has 3 amide bonds. The normalized spacial score (nSPS) is 17.1. The number of para-hydroxylation sites is 1. The SMILES string of the molecule is O=C(NN[C@@H]1CC(=O)N(c2ccccc2)C1=O)/C(=C/c1ccccc1)CCO. The number of anilines is 1. The summed E-state index contributed by atoms with van der Waals surface area (Å²) in [4.78, 5) is 38.4. The van der Waals surface area contributed by atoms with Crippen LogP contribution in [0.4, 0.5) is 5.69 Å². The van der Waals surface area contributed by atoms with Crippen LogP contribution < -0.4 is 15.8 Å². The predicted molar refractivity (Wildman–Crippen MR) is 105 cm³/mol. The second-order valence-corrected chi connectivity index (χ2v) is 6.31. The molecule has 3 N–H and O–H groups in total. The molecule has 144 valence electrons. The first-order valence-electron chi connectivity index (χ1n) is 8.94. The topological polar surface area (TPSA) is 98.7 Å². The molecule has 0 spiro atoms. The Morgan fingerprint density at radius 2 is 1.71 bits per heavy atom. The standard InChI is InChI=1S/C21H21N3O4/c25-12-11-16(13-15-7-3-1-4-8-15)20(27)23-22-18-14-19(26)24(21(18)28)17-9-5-2-6-10-17/h1-10,13,18,22,25H,11-12,14H2,(H,23,27)/b16-13+/t18-/m1/s1. The molecular weight excluding hydrogens is 358 g/mol. The molecule has 28 heavy (non-hydrogen) atoms. The predicted octanol–water partition coefficient (Wildman–Crippen LogP) is 1.41. The Bertz CT molecular complexity index is 881. The van der Waals surface area contributed by atoms with Gasteiger partial charge >= 0.3 is 0 Å². The van der Waals surface area contributed by atoms with E-state index in [1.807, 2.05) is 30.3 Å². The van der Waals surface area contributed by atoms with Crippen LogP contribution in [0.3, 0.4) is 0 Å². The van der Waals surface area contributed by atoms with E-state index >= 15 is 0 Å². The Morgan fingerprint density at radius 3 is 2.36 bits per heavy atom. The highest BCUT2D eigenvalue weighted by Gasteiger charge is 2.39. The van der Waals surface area contributed by atoms with Crippen molar-refractivity contribution in [1.29, 1.82) is 0 Å². The fraction of sp³-hybridized carbons (Fsp3) is 0.190. The summed E-state index contributed by atoms with van der Waals surface area (Å²) in [6, 6.07) is 17.0. The molecule has 7 heteroatoms. The summed E-state index contributed by atoms with van der Waals surface area (Å²) >= 11 is 0. The summed E-state index contributed by atoms with van der Waals surface area (Å²) < 4.78 is 0. The van der Waals surface area contributed by atoms with Gasteiger partial charge in [0.25, 0.3) is 11.8 Å². The summed E-state index contributed by atoms with van der Waals surface area (Å²) in [6.45, 7) is -0.186. The second kappa shape index (κ2) is 9.07. The lowest BCUT2D eigenvalue weighted by Gasteiger charge is -2.16. The molecule has 0 aliphatic carbocycles. The number of aliphatic hydroxyl groups excluding tert-OH is 1. The molecule has 3 rings (SSSR count). The number of hydrogen-bond acceptors (Lipinski definition) is 5. The average molecular weight is 379 g/mol. The van der Waals surface area contributed by atoms with Gasteiger partial charge in [-0.05, 0) is 23.8 Å². The molecule has 2 aromatic carbocycles. The van der Waals surface area contributed by atoms with Crippen LogP contribution in [0.1, 0.15) is 18.4 Å². The summed E-state index contributed by atoms with van der Waals surface area (Å²) in [6.07, 6.45) is 1.78. The number of amides is 3. The van der Waals surface area contributed by atoms with E-state index in [4.69, 9.17) is 0 Å². The van der Waals surface area contributed by atoms with Gasteiger partial charge in [-0.2, -0.15) is 0 Å². The summed E-state index contributed by atoms with van der Waals surface area (Å²) in [5.41, 5.74) is 6.82. The highest BCUT2D eigenvalue weighted by molar-refractivity contribution is 6.22. The molecule has 1 fully saturated rings. The number of nitrogens with zero attached hydrogens (tertiary/aromatic N) is 1. The van der Waals surface area contributed by atoms with Crippen molar-refractivity contribution < 1.29 is 19.5 Å². The van der Waals surface area contributed by atoms with Gasteiger partial charge in [0.2, 0.25) is 5.91 Å². The maximum absolute atomic E-state index is 12.6. The van der Waals surface area contributed by atoms with E-state index in [2.05, 4.69) is 10.9 Å². The van der Waals surface area contributed by atoms with Gasteiger partial charge in [0.05, 0.1) is 12.1 Å². The molecule has 1 atom stereocenters. The Kier molecular flexibility index (Phi) is 6.31. The molecule has 1 saturated heterocycles. The van der Waals surface area contributed by atoms with Crippen molar-refractivity contribution in [1.82, 2.24) is 10.9 Å². The molecule has 0 radical (unpaired) electrons. The minimum absolute atomic E-state index is 0.0499. The Hall–Kier alpha value is -3.29. The molecule has 0 bridgehead atoms. The minimum Gasteiger partial charge on any atom is -0.396 e. The smallest absolute Gasteiger partial charge is 0.261 e. The van der Waals surface area contributed by atoms with Gasteiger partial charge in [0.15, 0.2) is 0 Å². The van der Waals surface area contributed by atoms with Crippen molar-refractivity contribution in [2.24, 2.45) is 0 Å². The van der Waals surface area contributed by atoms with Gasteiger partial charge in [-0.15, -0.1) is 0 Å². The maximum Gasteiger partial charge on any atom is 0.261 e. The summed E-state index contributed by atoms with van der Waals surface area (Å²) in [7, 11) is 0. The van der Waals surface area contributed by atoms with E-state index in [1.165, 1.54) is 0 Å². The fourth-order valence-electron chi connectivity index (χ4n) is 2.95. The second-order valence-electron chi connectivity index (χ2n) is 6.31. The first kappa shape index (κ1) is 19.5. The lowest BCUT2D eigenvalue weighted by atomic mass is 10.1. The van der Waals surface area contributed by atoms with Crippen molar-refractivity contribution >= 4 is 29.5 Å². The highest BCUT2D eigenvalue weighted by Crippen LogP contribution is 2.22. The van der Waals surface area contributed by atoms with Crippen molar-refractivity contribution in [3.8, 4) is 0 Å². The molecule has 0 saturated carbocycles. The van der Waals surface area contributed by atoms with Gasteiger partial charge < -0.3 is 5.11 Å². The number of imide groups is 1. The van der Waals surface area contributed by atoms with Crippen LogP contribution in [-0.4, -0.2) is 35.5 Å². The summed E-state index contributed by atoms with van der Waals surface area (Å²) in [5.74, 6) is -1.22. The zero-order valence-electron chi connectivity index (χ0n) is 15.2. The third-order valence-electron chi connectivity index (χ3n) is 4.33. The van der Waals surface area contributed by atoms with Gasteiger partial charge in [0, 0.05) is 18.6 Å². The van der Waals surface area contributed by atoms with E-state index in [1.54, 1.807) is 36.4 Å². The van der Waals surface area contributed by atoms with Crippen molar-refractivity contribution in [2.75, 3.05) is 11.5 Å². The van der Waals surface area contributed by atoms with E-state index in [-0.39, 0.29) is 25.4 Å². The third-order valence-corrected chi connectivity index (χ3v) is 4.33. The Morgan fingerprint density at radius 1 is 1.07 bits per heavy atom. The largest absolute Gasteiger partial charge is 0.396 e. The Labute approximate surface area is 162 Å². The first-order valence-corrected chi connectivity index (χ1v) is 8.94. The van der Waals surface area contributed by atoms with Crippen LogP contribution in [-0.2, 0) is 14.4 Å². The molecule has 1 heterocycles. The van der Waals surface area contributed by atoms with E-state index in [0.29, 0.717) is 11.3 Å². The van der Waals surface area contributed by atoms with E-state index in [9.17, 15) is 19.5 Å². The quantitative estimate of drug-likeness (QED) is 0.384. The zero-order chi connectivity index (χ0) is 19.9. The lowest BCUT2D eigenvalue weighted by Crippen LogP contribution is -2.48. The molecule has 1 aliphatic heterocycles. The highest BCUT2D eigenvalue weighted by atomic mass is 16.3. The van der Waals surface area contributed by atoms with Crippen LogP contribution in [0.15, 0.2) is 66.2 Å². The molecule has 1 aliphatic rings. The van der Waals surface area contributed by atoms with E-state index < -0.39 is 17.9 Å². The van der Waals surface area contributed by atoms with Gasteiger partial charge in [-0.1, -0.05) is 48.5 Å². The van der Waals surface area contributed by atoms with Crippen molar-refractivity contribution in [3.05, 3.63) is 71.8 Å². The van der Waals surface area contributed by atoms with Gasteiger partial charge in [-0.25, -0.2) is 10.3 Å². The molecule has 7 nitrogen and oxygen atoms in total. The van der Waals surface area contributed by atoms with Crippen LogP contribution in [0.25, 0.3) is 6.08 Å². The summed E-state index contributed by atoms with van der Waals surface area (Å²) in [5, 5.41) is 9.23. The van der Waals surface area contributed by atoms with Gasteiger partial charge in [0.1, 0.15) is 6.04 Å². The lowest BCUT2D eigenvalue weighted by molar-refractivity contribution is -0.121. The molecule has 0 aromatic heterocycles. The number of nitrogens with one attached hydrogen (secondary N) is 2. The molecular formula is C21H21N3O4. The van der Waals surface area contributed by atoms with E-state index in [0.717, 1.165) is 10.5 Å². The van der Waals surface area contributed by atoms with Crippen LogP contribution >= 0.6 is 0 Å². The molecule has 2 aromatic rings. The van der Waals surface area contributed by atoms with Crippen LogP contribution in [0.2, 0.25) is 0 Å².